The van der Waals surface area contributed by atoms with Gasteiger partial charge in [0.1, 0.15) is 11.5 Å². The second-order valence-corrected chi connectivity index (χ2v) is 7.85. The van der Waals surface area contributed by atoms with E-state index < -0.39 is 11.8 Å². The molecule has 4 N–H and O–H groups in total. The molecule has 6 nitrogen and oxygen atoms in total. The summed E-state index contributed by atoms with van der Waals surface area (Å²) >= 11 is 0. The van der Waals surface area contributed by atoms with Gasteiger partial charge in [-0.05, 0) is 41.1 Å². The molecule has 0 aliphatic heterocycles. The lowest BCUT2D eigenvalue weighted by atomic mass is 10.0. The fourth-order valence-corrected chi connectivity index (χ4v) is 3.95. The van der Waals surface area contributed by atoms with E-state index in [4.69, 9.17) is 0 Å². The Balaban J connectivity index is 1.36. The number of fused-ring (bicyclic) bond motifs is 2. The first-order chi connectivity index (χ1) is 16.5. The molecule has 0 fully saturated rings. The maximum absolute atomic E-state index is 12.8. The predicted molar refractivity (Wildman–Crippen MR) is 134 cm³/mol. The number of rotatable bonds is 4. The minimum absolute atomic E-state index is 0.0909. The van der Waals surface area contributed by atoms with Crippen molar-refractivity contribution in [3.63, 3.8) is 0 Å². The van der Waals surface area contributed by atoms with Crippen molar-refractivity contribution in [1.82, 2.24) is 0 Å². The van der Waals surface area contributed by atoms with Crippen molar-refractivity contribution >= 4 is 44.7 Å². The van der Waals surface area contributed by atoms with Crippen molar-refractivity contribution in [1.29, 1.82) is 0 Å². The maximum atomic E-state index is 12.8. The Hall–Kier alpha value is -4.84. The van der Waals surface area contributed by atoms with Crippen LogP contribution in [0.2, 0.25) is 0 Å². The van der Waals surface area contributed by atoms with Crippen LogP contribution >= 0.6 is 0 Å². The van der Waals surface area contributed by atoms with Crippen LogP contribution in [0.5, 0.6) is 11.5 Å². The van der Waals surface area contributed by atoms with Crippen molar-refractivity contribution in [2.24, 2.45) is 0 Å². The Labute approximate surface area is 195 Å². The number of nitrogens with one attached hydrogen (secondary N) is 2. The van der Waals surface area contributed by atoms with Gasteiger partial charge in [0.2, 0.25) is 0 Å². The summed E-state index contributed by atoms with van der Waals surface area (Å²) in [7, 11) is 0. The summed E-state index contributed by atoms with van der Waals surface area (Å²) in [6.07, 6.45) is 0. The maximum Gasteiger partial charge on any atom is 0.259 e. The van der Waals surface area contributed by atoms with Crippen LogP contribution < -0.4 is 10.6 Å². The van der Waals surface area contributed by atoms with Crippen LogP contribution in [-0.4, -0.2) is 22.0 Å². The fourth-order valence-electron chi connectivity index (χ4n) is 3.95. The first kappa shape index (κ1) is 21.0. The molecule has 0 bridgehead atoms. The summed E-state index contributed by atoms with van der Waals surface area (Å²) in [5.74, 6) is -1.13. The van der Waals surface area contributed by atoms with E-state index in [1.165, 1.54) is 0 Å². The molecule has 5 rings (SSSR count). The summed E-state index contributed by atoms with van der Waals surface area (Å²) in [5.41, 5.74) is 1.18. The summed E-state index contributed by atoms with van der Waals surface area (Å²) in [6, 6.07) is 27.9. The van der Waals surface area contributed by atoms with Crippen LogP contribution in [0.1, 0.15) is 20.7 Å². The molecule has 0 aromatic heterocycles. The molecule has 2 amide bonds. The number of carbonyl (C=O) groups is 2. The minimum atomic E-state index is -0.473. The molecule has 5 aromatic carbocycles. The number of amides is 2. The summed E-state index contributed by atoms with van der Waals surface area (Å²) in [5, 5.41) is 29.5. The minimum Gasteiger partial charge on any atom is -0.506 e. The van der Waals surface area contributed by atoms with Gasteiger partial charge in [0, 0.05) is 22.1 Å². The van der Waals surface area contributed by atoms with Crippen LogP contribution in [0.3, 0.4) is 0 Å². The fraction of sp³-hybridized carbons (Fsp3) is 0. The molecule has 0 radical (unpaired) electrons. The molecule has 0 saturated heterocycles. The monoisotopic (exact) mass is 448 g/mol. The van der Waals surface area contributed by atoms with Gasteiger partial charge in [0.25, 0.3) is 11.8 Å². The highest BCUT2D eigenvalue weighted by molar-refractivity contribution is 6.11. The van der Waals surface area contributed by atoms with Gasteiger partial charge in [-0.3, -0.25) is 9.59 Å². The Morgan fingerprint density at radius 3 is 1.44 bits per heavy atom. The Morgan fingerprint density at radius 1 is 0.529 bits per heavy atom. The lowest BCUT2D eigenvalue weighted by Crippen LogP contribution is -2.14. The van der Waals surface area contributed by atoms with Crippen LogP contribution in [0.4, 0.5) is 11.4 Å². The van der Waals surface area contributed by atoms with Crippen LogP contribution in [0.25, 0.3) is 21.5 Å². The van der Waals surface area contributed by atoms with Crippen LogP contribution in [0.15, 0.2) is 97.1 Å². The van der Waals surface area contributed by atoms with Gasteiger partial charge in [0.15, 0.2) is 0 Å². The highest BCUT2D eigenvalue weighted by atomic mass is 16.3. The number of carbonyl (C=O) groups excluding carboxylic acids is 2. The first-order valence-electron chi connectivity index (χ1n) is 10.7. The van der Waals surface area contributed by atoms with Crippen molar-refractivity contribution < 1.29 is 19.8 Å². The topological polar surface area (TPSA) is 98.7 Å². The summed E-state index contributed by atoms with van der Waals surface area (Å²) in [6.45, 7) is 0. The van der Waals surface area contributed by atoms with E-state index in [1.54, 1.807) is 72.8 Å². The molecule has 0 aliphatic rings. The van der Waals surface area contributed by atoms with Gasteiger partial charge >= 0.3 is 0 Å². The van der Waals surface area contributed by atoms with Crippen molar-refractivity contribution in [3.05, 3.63) is 108 Å². The molecule has 6 heteroatoms. The molecule has 0 spiro atoms. The smallest absolute Gasteiger partial charge is 0.259 e. The molecule has 0 unspecified atom stereocenters. The van der Waals surface area contributed by atoms with E-state index >= 15 is 0 Å². The van der Waals surface area contributed by atoms with Crippen molar-refractivity contribution in [3.8, 4) is 11.5 Å². The zero-order chi connectivity index (χ0) is 23.7. The van der Waals surface area contributed by atoms with E-state index in [-0.39, 0.29) is 22.6 Å². The number of hydrogen-bond acceptors (Lipinski definition) is 4. The number of hydrogen-bond donors (Lipinski definition) is 4. The molecule has 166 valence electrons. The molecule has 0 heterocycles. The molecule has 0 atom stereocenters. The van der Waals surface area contributed by atoms with Crippen LogP contribution in [-0.2, 0) is 0 Å². The average molecular weight is 448 g/mol. The third-order valence-corrected chi connectivity index (χ3v) is 5.67. The molecule has 34 heavy (non-hydrogen) atoms. The highest BCUT2D eigenvalue weighted by Gasteiger charge is 2.16. The van der Waals surface area contributed by atoms with Gasteiger partial charge in [-0.15, -0.1) is 0 Å². The highest BCUT2D eigenvalue weighted by Crippen LogP contribution is 2.31. The normalized spacial score (nSPS) is 10.8. The summed E-state index contributed by atoms with van der Waals surface area (Å²) < 4.78 is 0. The van der Waals surface area contributed by atoms with Crippen molar-refractivity contribution in [2.75, 3.05) is 10.6 Å². The second kappa shape index (κ2) is 8.60. The van der Waals surface area contributed by atoms with Crippen LogP contribution in [0, 0.1) is 0 Å². The summed E-state index contributed by atoms with van der Waals surface area (Å²) in [4.78, 5) is 25.6. The number of benzene rings is 5. The van der Waals surface area contributed by atoms with Gasteiger partial charge < -0.3 is 20.8 Å². The molecule has 5 aromatic rings. The SMILES string of the molecule is O=C(Nc1cccc(NC(=O)c2ccc3ccccc3c2O)c1)c1ccc2ccccc2c1O. The van der Waals surface area contributed by atoms with E-state index in [0.717, 1.165) is 10.8 Å². The molecular formula is C28H20N2O4. The number of aromatic hydroxyl groups is 2. The standard InChI is InChI=1S/C28H20N2O4/c31-25-21-10-3-1-6-17(21)12-14-23(25)27(33)29-19-8-5-9-20(16-19)30-28(34)24-15-13-18-7-2-4-11-22(18)26(24)32/h1-16,31-32H,(H,29,33)(H,30,34). The largest absolute Gasteiger partial charge is 0.506 e. The van der Waals surface area contributed by atoms with Crippen molar-refractivity contribution in [2.45, 2.75) is 0 Å². The van der Waals surface area contributed by atoms with Gasteiger partial charge in [-0.2, -0.15) is 0 Å². The van der Waals surface area contributed by atoms with Gasteiger partial charge in [-0.1, -0.05) is 66.7 Å². The van der Waals surface area contributed by atoms with Gasteiger partial charge in [0.05, 0.1) is 11.1 Å². The Bertz CT molecular complexity index is 1460. The molecular weight excluding hydrogens is 428 g/mol. The first-order valence-corrected chi connectivity index (χ1v) is 10.7. The quantitative estimate of drug-likeness (QED) is 0.275. The van der Waals surface area contributed by atoms with E-state index in [9.17, 15) is 19.8 Å². The molecule has 0 saturated carbocycles. The Kier molecular flexibility index (Phi) is 5.32. The zero-order valence-corrected chi connectivity index (χ0v) is 17.9. The number of phenols is 2. The molecule has 0 aliphatic carbocycles. The van der Waals surface area contributed by atoms with Gasteiger partial charge in [-0.25, -0.2) is 0 Å². The third-order valence-electron chi connectivity index (χ3n) is 5.67. The van der Waals surface area contributed by atoms with E-state index in [0.29, 0.717) is 22.1 Å². The Morgan fingerprint density at radius 2 is 0.971 bits per heavy atom. The van der Waals surface area contributed by atoms with E-state index in [2.05, 4.69) is 10.6 Å². The lowest BCUT2D eigenvalue weighted by molar-refractivity contribution is 0.101. The predicted octanol–water partition coefficient (Wildman–Crippen LogP) is 5.91. The van der Waals surface area contributed by atoms with E-state index in [1.807, 2.05) is 24.3 Å². The zero-order valence-electron chi connectivity index (χ0n) is 17.9. The average Bonchev–Trinajstić information content (AvgIpc) is 2.85. The second-order valence-electron chi connectivity index (χ2n) is 7.85. The number of phenolic OH excluding ortho intramolecular Hbond substituents is 2. The lowest BCUT2D eigenvalue weighted by Gasteiger charge is -2.12. The third kappa shape index (κ3) is 3.89. The number of anilines is 2.